The molecule has 0 fully saturated rings. The number of urea groups is 1. The van der Waals surface area contributed by atoms with Gasteiger partial charge in [-0.15, -0.1) is 11.3 Å². The van der Waals surface area contributed by atoms with E-state index in [0.717, 1.165) is 16.0 Å². The summed E-state index contributed by atoms with van der Waals surface area (Å²) < 4.78 is 0. The van der Waals surface area contributed by atoms with E-state index in [2.05, 4.69) is 5.43 Å². The van der Waals surface area contributed by atoms with Crippen molar-refractivity contribution in [2.24, 2.45) is 5.84 Å². The molecule has 24 heavy (non-hydrogen) atoms. The van der Waals surface area contributed by atoms with Crippen LogP contribution in [0.15, 0.2) is 66.0 Å². The lowest BCUT2D eigenvalue weighted by Crippen LogP contribution is -2.43. The van der Waals surface area contributed by atoms with Crippen molar-refractivity contribution in [3.63, 3.8) is 0 Å². The third-order valence-corrected chi connectivity index (χ3v) is 4.60. The number of thiophene rings is 1. The van der Waals surface area contributed by atoms with Crippen LogP contribution in [0.25, 0.3) is 10.4 Å². The number of benzene rings is 2. The largest absolute Gasteiger partial charge is 0.397 e. The van der Waals surface area contributed by atoms with Crippen LogP contribution in [0.4, 0.5) is 16.2 Å². The Morgan fingerprint density at radius 2 is 1.88 bits per heavy atom. The predicted molar refractivity (Wildman–Crippen MR) is 99.5 cm³/mol. The standard InChI is InChI=1S/C18H18N4OS/c19-15-9-8-14(17-7-4-10-24-17)11-16(15)22(18(23)21-20)12-13-5-2-1-3-6-13/h1-11H,12,19-20H2,(H,21,23). The summed E-state index contributed by atoms with van der Waals surface area (Å²) in [7, 11) is 0. The Bertz CT molecular complexity index is 818. The van der Waals surface area contributed by atoms with Crippen LogP contribution in [0.2, 0.25) is 0 Å². The van der Waals surface area contributed by atoms with Gasteiger partial charge in [0.1, 0.15) is 0 Å². The van der Waals surface area contributed by atoms with Gasteiger partial charge in [-0.25, -0.2) is 10.6 Å². The van der Waals surface area contributed by atoms with Crippen LogP contribution in [0.3, 0.4) is 0 Å². The van der Waals surface area contributed by atoms with E-state index in [1.54, 1.807) is 16.2 Å². The minimum Gasteiger partial charge on any atom is -0.397 e. The van der Waals surface area contributed by atoms with Crippen molar-refractivity contribution in [1.29, 1.82) is 0 Å². The molecule has 5 N–H and O–H groups in total. The molecule has 1 heterocycles. The maximum absolute atomic E-state index is 12.3. The minimum absolute atomic E-state index is 0.377. The summed E-state index contributed by atoms with van der Waals surface area (Å²) >= 11 is 1.64. The van der Waals surface area contributed by atoms with Crippen molar-refractivity contribution in [3.8, 4) is 10.4 Å². The van der Waals surface area contributed by atoms with Gasteiger partial charge in [-0.1, -0.05) is 42.5 Å². The molecule has 0 aliphatic heterocycles. The van der Waals surface area contributed by atoms with Gasteiger partial charge in [0.2, 0.25) is 0 Å². The summed E-state index contributed by atoms with van der Waals surface area (Å²) in [5.74, 6) is 5.37. The van der Waals surface area contributed by atoms with Crippen LogP contribution < -0.4 is 21.9 Å². The molecular formula is C18H18N4OS. The number of amides is 2. The third kappa shape index (κ3) is 3.40. The summed E-state index contributed by atoms with van der Waals surface area (Å²) in [4.78, 5) is 15.0. The van der Waals surface area contributed by atoms with Crippen molar-refractivity contribution < 1.29 is 4.79 Å². The normalized spacial score (nSPS) is 10.4. The molecule has 0 unspecified atom stereocenters. The van der Waals surface area contributed by atoms with E-state index < -0.39 is 6.03 Å². The molecule has 2 amide bonds. The number of hydrogen-bond donors (Lipinski definition) is 3. The maximum Gasteiger partial charge on any atom is 0.336 e. The number of hydrogen-bond acceptors (Lipinski definition) is 4. The van der Waals surface area contributed by atoms with Crippen LogP contribution in [0, 0.1) is 0 Å². The second-order valence-corrected chi connectivity index (χ2v) is 6.22. The SMILES string of the molecule is NNC(=O)N(Cc1ccccc1)c1cc(-c2cccs2)ccc1N. The van der Waals surface area contributed by atoms with Crippen molar-refractivity contribution in [2.75, 3.05) is 10.6 Å². The first-order valence-corrected chi connectivity index (χ1v) is 8.32. The Morgan fingerprint density at radius 1 is 1.08 bits per heavy atom. The molecule has 6 heteroatoms. The van der Waals surface area contributed by atoms with Gasteiger partial charge in [-0.3, -0.25) is 10.3 Å². The van der Waals surface area contributed by atoms with Gasteiger partial charge in [0.25, 0.3) is 0 Å². The van der Waals surface area contributed by atoms with Gasteiger partial charge in [-0.2, -0.15) is 0 Å². The molecular weight excluding hydrogens is 320 g/mol. The number of nitrogens with two attached hydrogens (primary N) is 2. The minimum atomic E-state index is -0.408. The summed E-state index contributed by atoms with van der Waals surface area (Å²) in [6.45, 7) is 0.377. The van der Waals surface area contributed by atoms with Crippen LogP contribution in [-0.2, 0) is 6.54 Å². The topological polar surface area (TPSA) is 84.4 Å². The average Bonchev–Trinajstić information content (AvgIpc) is 3.15. The van der Waals surface area contributed by atoms with E-state index >= 15 is 0 Å². The summed E-state index contributed by atoms with van der Waals surface area (Å²) in [5, 5.41) is 2.01. The first-order valence-electron chi connectivity index (χ1n) is 7.44. The van der Waals surface area contributed by atoms with Gasteiger partial charge in [0, 0.05) is 4.88 Å². The predicted octanol–water partition coefficient (Wildman–Crippen LogP) is 3.59. The number of hydrazine groups is 1. The molecule has 0 spiro atoms. The number of nitrogen functional groups attached to an aromatic ring is 1. The van der Waals surface area contributed by atoms with Crippen LogP contribution in [0.1, 0.15) is 5.56 Å². The Hall–Kier alpha value is -2.83. The van der Waals surface area contributed by atoms with Gasteiger partial charge in [-0.05, 0) is 34.7 Å². The number of rotatable bonds is 4. The Morgan fingerprint density at radius 3 is 2.54 bits per heavy atom. The quantitative estimate of drug-likeness (QED) is 0.294. The number of nitrogens with zero attached hydrogens (tertiary/aromatic N) is 1. The van der Waals surface area contributed by atoms with Crippen LogP contribution in [0.5, 0.6) is 0 Å². The Labute approximate surface area is 144 Å². The molecule has 2 aromatic carbocycles. The summed E-state index contributed by atoms with van der Waals surface area (Å²) in [5.41, 5.74) is 11.5. The second kappa shape index (κ2) is 7.16. The van der Waals surface area contributed by atoms with Crippen molar-refractivity contribution in [1.82, 2.24) is 5.43 Å². The van der Waals surface area contributed by atoms with Gasteiger partial charge in [0.05, 0.1) is 17.9 Å². The zero-order valence-corrected chi connectivity index (χ0v) is 13.8. The van der Waals surface area contributed by atoms with Crippen LogP contribution >= 0.6 is 11.3 Å². The van der Waals surface area contributed by atoms with E-state index in [4.69, 9.17) is 11.6 Å². The van der Waals surface area contributed by atoms with Gasteiger partial charge >= 0.3 is 6.03 Å². The molecule has 3 aromatic rings. The summed E-state index contributed by atoms with van der Waals surface area (Å²) in [6, 6.07) is 19.0. The number of carbonyl (C=O) groups is 1. The highest BCUT2D eigenvalue weighted by molar-refractivity contribution is 7.13. The monoisotopic (exact) mass is 338 g/mol. The molecule has 0 aliphatic carbocycles. The Balaban J connectivity index is 2.00. The molecule has 0 bridgehead atoms. The molecule has 0 aliphatic rings. The number of nitrogens with one attached hydrogen (secondary N) is 1. The molecule has 0 saturated carbocycles. The average molecular weight is 338 g/mol. The highest BCUT2D eigenvalue weighted by Crippen LogP contribution is 2.33. The molecule has 5 nitrogen and oxygen atoms in total. The van der Waals surface area contributed by atoms with E-state index in [1.165, 1.54) is 0 Å². The smallest absolute Gasteiger partial charge is 0.336 e. The van der Waals surface area contributed by atoms with E-state index in [-0.39, 0.29) is 0 Å². The molecule has 0 saturated heterocycles. The highest BCUT2D eigenvalue weighted by atomic mass is 32.1. The maximum atomic E-state index is 12.3. The third-order valence-electron chi connectivity index (χ3n) is 3.68. The van der Waals surface area contributed by atoms with Gasteiger partial charge < -0.3 is 5.73 Å². The zero-order valence-electron chi connectivity index (χ0n) is 13.0. The molecule has 1 aromatic heterocycles. The van der Waals surface area contributed by atoms with Gasteiger partial charge in [0.15, 0.2) is 0 Å². The fraction of sp³-hybridized carbons (Fsp3) is 0.0556. The van der Waals surface area contributed by atoms with Crippen molar-refractivity contribution in [2.45, 2.75) is 6.54 Å². The molecule has 0 radical (unpaired) electrons. The lowest BCUT2D eigenvalue weighted by Gasteiger charge is -2.24. The van der Waals surface area contributed by atoms with Crippen molar-refractivity contribution in [3.05, 3.63) is 71.6 Å². The highest BCUT2D eigenvalue weighted by Gasteiger charge is 2.18. The molecule has 122 valence electrons. The number of anilines is 2. The molecule has 0 atom stereocenters. The Kier molecular flexibility index (Phi) is 4.79. The summed E-state index contributed by atoms with van der Waals surface area (Å²) in [6.07, 6.45) is 0. The lowest BCUT2D eigenvalue weighted by molar-refractivity contribution is 0.246. The lowest BCUT2D eigenvalue weighted by atomic mass is 10.1. The van der Waals surface area contributed by atoms with Crippen molar-refractivity contribution >= 4 is 28.7 Å². The fourth-order valence-electron chi connectivity index (χ4n) is 2.48. The fourth-order valence-corrected chi connectivity index (χ4v) is 3.21. The molecule has 3 rings (SSSR count). The van der Waals surface area contributed by atoms with E-state index in [9.17, 15) is 4.79 Å². The number of carbonyl (C=O) groups excluding carboxylic acids is 1. The first kappa shape index (κ1) is 16.0. The zero-order chi connectivity index (χ0) is 16.9. The van der Waals surface area contributed by atoms with E-state index in [0.29, 0.717) is 17.9 Å². The van der Waals surface area contributed by atoms with E-state index in [1.807, 2.05) is 66.0 Å². The van der Waals surface area contributed by atoms with Crippen LogP contribution in [-0.4, -0.2) is 6.03 Å². The first-order chi connectivity index (χ1) is 11.7. The second-order valence-electron chi connectivity index (χ2n) is 5.27.